The smallest absolute Gasteiger partial charge is 0.407 e. The third-order valence-electron chi connectivity index (χ3n) is 11.6. The van der Waals surface area contributed by atoms with Gasteiger partial charge in [0.25, 0.3) is 0 Å². The minimum Gasteiger partial charge on any atom is -0.453 e. The van der Waals surface area contributed by atoms with Crippen LogP contribution in [0.5, 0.6) is 0 Å². The zero-order valence-electron chi connectivity index (χ0n) is 29.4. The Morgan fingerprint density at radius 1 is 1.00 bits per heavy atom. The summed E-state index contributed by atoms with van der Waals surface area (Å²) in [5, 5.41) is 6.17. The number of halogens is 2. The number of benzene rings is 2. The Balaban J connectivity index is 1.13. The Morgan fingerprint density at radius 2 is 1.74 bits per heavy atom. The first-order chi connectivity index (χ1) is 23.8. The molecule has 13 heteroatoms. The van der Waals surface area contributed by atoms with Gasteiger partial charge in [-0.15, -0.1) is 0 Å². The topological polar surface area (TPSA) is 111 Å². The summed E-state index contributed by atoms with van der Waals surface area (Å²) in [7, 11) is -2.05. The number of carbonyl (C=O) groups excluding carboxylic acids is 2. The van der Waals surface area contributed by atoms with Crippen molar-refractivity contribution in [1.82, 2.24) is 20.4 Å². The van der Waals surface area contributed by atoms with E-state index >= 15 is 0 Å². The summed E-state index contributed by atoms with van der Waals surface area (Å²) < 4.78 is 58.2. The number of hydrogen-bond acceptors (Lipinski definition) is 8. The molecule has 2 aromatic carbocycles. The van der Waals surface area contributed by atoms with Crippen LogP contribution in [0.3, 0.4) is 0 Å². The van der Waals surface area contributed by atoms with Gasteiger partial charge in [-0.3, -0.25) is 9.69 Å². The van der Waals surface area contributed by atoms with Gasteiger partial charge in [-0.2, -0.15) is 0 Å². The van der Waals surface area contributed by atoms with E-state index in [9.17, 15) is 26.8 Å². The number of anilines is 1. The lowest BCUT2D eigenvalue weighted by Crippen LogP contribution is -2.58. The molecule has 10 nitrogen and oxygen atoms in total. The molecule has 4 aliphatic rings. The van der Waals surface area contributed by atoms with Crippen LogP contribution in [0.15, 0.2) is 47.4 Å². The monoisotopic (exact) mass is 715 g/mol. The van der Waals surface area contributed by atoms with Gasteiger partial charge in [0.15, 0.2) is 9.84 Å². The van der Waals surface area contributed by atoms with Gasteiger partial charge >= 0.3 is 6.09 Å². The third-order valence-corrected chi connectivity index (χ3v) is 12.8. The first-order valence-electron chi connectivity index (χ1n) is 17.9. The number of hydrogen-bond donors (Lipinski definition) is 2. The largest absolute Gasteiger partial charge is 0.453 e. The second-order valence-electron chi connectivity index (χ2n) is 14.9. The molecule has 1 saturated carbocycles. The average molecular weight is 716 g/mol. The number of alkyl halides is 1. The van der Waals surface area contributed by atoms with Gasteiger partial charge in [-0.25, -0.2) is 22.0 Å². The highest BCUT2D eigenvalue weighted by Gasteiger charge is 2.52. The molecule has 6 rings (SSSR count). The summed E-state index contributed by atoms with van der Waals surface area (Å²) in [5.74, 6) is 0.152. The molecular weight excluding hydrogens is 664 g/mol. The van der Waals surface area contributed by atoms with Crippen molar-refractivity contribution in [3.05, 3.63) is 59.4 Å². The number of carbonyl (C=O) groups is 2. The van der Waals surface area contributed by atoms with Gasteiger partial charge in [-0.05, 0) is 92.1 Å². The van der Waals surface area contributed by atoms with Crippen LogP contribution in [0.2, 0.25) is 0 Å². The fraction of sp³-hybridized carbons (Fsp3) is 0.622. The predicted octanol–water partition coefficient (Wildman–Crippen LogP) is 4.13. The number of alkyl carbamates (subject to hydrolysis) is 1. The van der Waals surface area contributed by atoms with Crippen molar-refractivity contribution in [2.45, 2.75) is 68.1 Å². The molecule has 3 saturated heterocycles. The van der Waals surface area contributed by atoms with Gasteiger partial charge < -0.3 is 25.2 Å². The minimum absolute atomic E-state index is 0.00884. The molecule has 3 aliphatic heterocycles. The van der Waals surface area contributed by atoms with Crippen LogP contribution >= 0.6 is 0 Å². The first kappa shape index (κ1) is 36.5. The van der Waals surface area contributed by atoms with Crippen LogP contribution in [0.4, 0.5) is 19.3 Å². The average Bonchev–Trinajstić information content (AvgIpc) is 3.50. The molecule has 0 unspecified atom stereocenters. The van der Waals surface area contributed by atoms with Crippen LogP contribution in [0, 0.1) is 23.6 Å². The molecule has 0 aromatic heterocycles. The van der Waals surface area contributed by atoms with Gasteiger partial charge in [0.2, 0.25) is 5.91 Å². The van der Waals surface area contributed by atoms with Crippen molar-refractivity contribution < 1.29 is 31.5 Å². The van der Waals surface area contributed by atoms with E-state index in [0.717, 1.165) is 81.6 Å². The second kappa shape index (κ2) is 15.1. The number of piperidine rings is 1. The number of rotatable bonds is 12. The number of nitrogens with one attached hydrogen (secondary N) is 2. The van der Waals surface area contributed by atoms with E-state index in [1.807, 2.05) is 23.1 Å². The highest BCUT2D eigenvalue weighted by Crippen LogP contribution is 2.50. The number of sulfone groups is 1. The fourth-order valence-electron chi connectivity index (χ4n) is 9.16. The summed E-state index contributed by atoms with van der Waals surface area (Å²) in [6.07, 6.45) is 4.21. The summed E-state index contributed by atoms with van der Waals surface area (Å²) >= 11 is 0. The maximum absolute atomic E-state index is 14.9. The molecule has 3 atom stereocenters. The zero-order chi connectivity index (χ0) is 35.6. The SMILES string of the molecule is COC(=O)N[C@H]1CCC[C@@H]1[C@](CNC(C)=O)(c1cccc(F)c1)C1CCN(CC2CN(c3ccc(S(C)(=O)=O)c(CN4CC(F)C4)c3)C2)CC1. The summed E-state index contributed by atoms with van der Waals surface area (Å²) in [6.45, 7) is 7.38. The van der Waals surface area contributed by atoms with Crippen LogP contribution < -0.4 is 15.5 Å². The van der Waals surface area contributed by atoms with Crippen molar-refractivity contribution in [1.29, 1.82) is 0 Å². The van der Waals surface area contributed by atoms with E-state index in [-0.39, 0.29) is 29.6 Å². The van der Waals surface area contributed by atoms with Gasteiger partial charge in [-0.1, -0.05) is 18.6 Å². The lowest BCUT2D eigenvalue weighted by molar-refractivity contribution is -0.119. The van der Waals surface area contributed by atoms with Crippen LogP contribution in [-0.4, -0.2) is 108 Å². The molecule has 2 N–H and O–H groups in total. The fourth-order valence-corrected chi connectivity index (χ4v) is 10.1. The number of ether oxygens (including phenoxy) is 1. The predicted molar refractivity (Wildman–Crippen MR) is 188 cm³/mol. The summed E-state index contributed by atoms with van der Waals surface area (Å²) in [6, 6.07) is 12.1. The Morgan fingerprint density at radius 3 is 2.38 bits per heavy atom. The Hall–Kier alpha value is -3.29. The van der Waals surface area contributed by atoms with Crippen molar-refractivity contribution in [2.24, 2.45) is 17.8 Å². The molecule has 0 radical (unpaired) electrons. The van der Waals surface area contributed by atoms with E-state index in [1.165, 1.54) is 26.4 Å². The molecule has 3 heterocycles. The van der Waals surface area contributed by atoms with E-state index in [2.05, 4.69) is 20.4 Å². The van der Waals surface area contributed by atoms with E-state index in [1.54, 1.807) is 18.2 Å². The van der Waals surface area contributed by atoms with Gasteiger partial charge in [0, 0.05) is 82.1 Å². The number of amides is 2. The van der Waals surface area contributed by atoms with Crippen LogP contribution in [-0.2, 0) is 31.3 Å². The van der Waals surface area contributed by atoms with Crippen molar-refractivity contribution >= 4 is 27.5 Å². The van der Waals surface area contributed by atoms with E-state index in [0.29, 0.717) is 37.0 Å². The molecular formula is C37H51F2N5O5S. The van der Waals surface area contributed by atoms with E-state index < -0.39 is 27.5 Å². The normalized spacial score (nSPS) is 23.9. The first-order valence-corrected chi connectivity index (χ1v) is 19.8. The Bertz CT molecular complexity index is 1640. The molecule has 2 aromatic rings. The summed E-state index contributed by atoms with van der Waals surface area (Å²) in [5.41, 5.74) is 1.99. The lowest BCUT2D eigenvalue weighted by Gasteiger charge is -2.51. The molecule has 4 fully saturated rings. The molecule has 1 aliphatic carbocycles. The third kappa shape index (κ3) is 7.94. The molecule has 0 spiro atoms. The number of nitrogens with zero attached hydrogens (tertiary/aromatic N) is 3. The van der Waals surface area contributed by atoms with Gasteiger partial charge in [0.05, 0.1) is 12.0 Å². The van der Waals surface area contributed by atoms with E-state index in [4.69, 9.17) is 4.74 Å². The molecule has 50 heavy (non-hydrogen) atoms. The van der Waals surface area contributed by atoms with Crippen molar-refractivity contribution in [3.63, 3.8) is 0 Å². The second-order valence-corrected chi connectivity index (χ2v) is 16.9. The molecule has 0 bridgehead atoms. The number of likely N-dealkylation sites (tertiary alicyclic amines) is 2. The molecule has 274 valence electrons. The maximum atomic E-state index is 14.9. The summed E-state index contributed by atoms with van der Waals surface area (Å²) in [4.78, 5) is 31.8. The van der Waals surface area contributed by atoms with Crippen molar-refractivity contribution in [3.8, 4) is 0 Å². The highest BCUT2D eigenvalue weighted by atomic mass is 32.2. The standard InChI is InChI=1S/C37H51F2N5O5S/c1-25(45)40-24-37(29-6-4-7-30(38)17-29,33-8-5-9-34(33)41-36(46)49-2)28-12-14-42(15-13-28)18-26-19-44(20-26)32-10-11-35(50(3,47)48)27(16-32)21-43-22-31(39)23-43/h4,6-7,10-11,16-17,26,28,31,33-34H,5,8-9,12-15,18-24H2,1-3H3,(H,40,45)(H,41,46)/t33-,34-,37-/m0/s1. The zero-order valence-corrected chi connectivity index (χ0v) is 30.2. The number of methoxy groups -OCH3 is 1. The van der Waals surface area contributed by atoms with Crippen molar-refractivity contribution in [2.75, 3.05) is 70.6 Å². The minimum atomic E-state index is -3.41. The molecule has 2 amide bonds. The lowest BCUT2D eigenvalue weighted by atomic mass is 9.58. The van der Waals surface area contributed by atoms with Crippen LogP contribution in [0.25, 0.3) is 0 Å². The maximum Gasteiger partial charge on any atom is 0.407 e. The highest BCUT2D eigenvalue weighted by molar-refractivity contribution is 7.90. The van der Waals surface area contributed by atoms with Crippen LogP contribution in [0.1, 0.15) is 50.2 Å². The Kier molecular flexibility index (Phi) is 11.0. The quantitative estimate of drug-likeness (QED) is 0.338. The van der Waals surface area contributed by atoms with Gasteiger partial charge in [0.1, 0.15) is 12.0 Å². The Labute approximate surface area is 294 Å².